The van der Waals surface area contributed by atoms with Gasteiger partial charge in [-0.3, -0.25) is 10.1 Å². The highest BCUT2D eigenvalue weighted by Gasteiger charge is 2.20. The topological polar surface area (TPSA) is 95.6 Å². The summed E-state index contributed by atoms with van der Waals surface area (Å²) < 4.78 is 0. The zero-order chi connectivity index (χ0) is 17.7. The van der Waals surface area contributed by atoms with Crippen molar-refractivity contribution in [3.63, 3.8) is 0 Å². The Bertz CT molecular complexity index is 710. The molecule has 8 heteroatoms. The van der Waals surface area contributed by atoms with Crippen LogP contribution in [0.2, 0.25) is 10.0 Å². The molecule has 0 aliphatic carbocycles. The van der Waals surface area contributed by atoms with Crippen molar-refractivity contribution in [2.45, 2.75) is 18.7 Å². The molecule has 0 heterocycles. The van der Waals surface area contributed by atoms with Crippen molar-refractivity contribution >= 4 is 28.9 Å². The molecule has 0 spiro atoms. The molecule has 0 aliphatic rings. The van der Waals surface area contributed by atoms with Crippen LogP contribution in [-0.2, 0) is 6.54 Å². The Balaban J connectivity index is 2.03. The first-order chi connectivity index (χ1) is 11.4. The summed E-state index contributed by atoms with van der Waals surface area (Å²) in [6.45, 7) is 0.0611. The number of nitrogens with one attached hydrogen (secondary N) is 1. The summed E-state index contributed by atoms with van der Waals surface area (Å²) in [5, 5.41) is 34.4. The molecule has 24 heavy (non-hydrogen) atoms. The van der Waals surface area contributed by atoms with E-state index in [2.05, 4.69) is 5.32 Å². The van der Waals surface area contributed by atoms with Gasteiger partial charge in [0.05, 0.1) is 33.7 Å². The fourth-order valence-corrected chi connectivity index (χ4v) is 2.52. The van der Waals surface area contributed by atoms with E-state index in [-0.39, 0.29) is 12.3 Å². The number of hydrogen-bond acceptors (Lipinski definition) is 5. The second kappa shape index (κ2) is 8.41. The third-order valence-corrected chi connectivity index (χ3v) is 4.31. The lowest BCUT2D eigenvalue weighted by atomic mass is 10.0. The summed E-state index contributed by atoms with van der Waals surface area (Å²) in [6, 6.07) is 10.1. The highest BCUT2D eigenvalue weighted by atomic mass is 35.5. The van der Waals surface area contributed by atoms with E-state index in [1.807, 2.05) is 0 Å². The molecule has 6 nitrogen and oxygen atoms in total. The molecule has 0 saturated carbocycles. The van der Waals surface area contributed by atoms with Crippen LogP contribution in [-0.4, -0.2) is 27.8 Å². The minimum Gasteiger partial charge on any atom is -0.395 e. The van der Waals surface area contributed by atoms with E-state index in [4.69, 9.17) is 23.2 Å². The highest BCUT2D eigenvalue weighted by molar-refractivity contribution is 6.42. The van der Waals surface area contributed by atoms with Crippen LogP contribution in [0.3, 0.4) is 0 Å². The van der Waals surface area contributed by atoms with Gasteiger partial charge in [-0.15, -0.1) is 0 Å². The van der Waals surface area contributed by atoms with Crippen LogP contribution in [0.15, 0.2) is 42.5 Å². The predicted molar refractivity (Wildman–Crippen MR) is 92.2 cm³/mol. The standard InChI is InChI=1S/C16H16Cl2N2O4/c17-13-6-1-10(7-14(13)18)8-19-15(9-21)16(22)11-2-4-12(5-3-11)20(23)24/h1-7,15-16,19,21-22H,8-9H2/t15-,16+/m1/s1. The molecule has 0 aliphatic heterocycles. The third-order valence-electron chi connectivity index (χ3n) is 3.58. The minimum absolute atomic E-state index is 0.0599. The van der Waals surface area contributed by atoms with E-state index in [9.17, 15) is 20.3 Å². The van der Waals surface area contributed by atoms with Gasteiger partial charge < -0.3 is 15.5 Å². The Morgan fingerprint density at radius 1 is 1.12 bits per heavy atom. The normalized spacial score (nSPS) is 13.5. The Morgan fingerprint density at radius 3 is 2.33 bits per heavy atom. The SMILES string of the molecule is O=[N+]([O-])c1ccc([C@H](O)[C@@H](CO)NCc2ccc(Cl)c(Cl)c2)cc1. The van der Waals surface area contributed by atoms with Crippen LogP contribution >= 0.6 is 23.2 Å². The lowest BCUT2D eigenvalue weighted by molar-refractivity contribution is -0.384. The van der Waals surface area contributed by atoms with Crippen LogP contribution < -0.4 is 5.32 Å². The van der Waals surface area contributed by atoms with Gasteiger partial charge in [0.2, 0.25) is 0 Å². The van der Waals surface area contributed by atoms with Crippen molar-refractivity contribution in [3.8, 4) is 0 Å². The first kappa shape index (κ1) is 18.6. The second-order valence-electron chi connectivity index (χ2n) is 5.21. The van der Waals surface area contributed by atoms with E-state index in [0.717, 1.165) is 5.56 Å². The van der Waals surface area contributed by atoms with E-state index in [0.29, 0.717) is 22.2 Å². The molecule has 2 atom stereocenters. The summed E-state index contributed by atoms with van der Waals surface area (Å²) in [5.74, 6) is 0. The number of aliphatic hydroxyl groups excluding tert-OH is 2. The second-order valence-corrected chi connectivity index (χ2v) is 6.03. The summed E-state index contributed by atoms with van der Waals surface area (Å²) in [6.07, 6.45) is -1.02. The van der Waals surface area contributed by atoms with Crippen molar-refractivity contribution in [2.75, 3.05) is 6.61 Å². The van der Waals surface area contributed by atoms with Gasteiger partial charge in [-0.1, -0.05) is 29.3 Å². The molecule has 0 unspecified atom stereocenters. The van der Waals surface area contributed by atoms with Gasteiger partial charge in [0.15, 0.2) is 0 Å². The average molecular weight is 371 g/mol. The highest BCUT2D eigenvalue weighted by Crippen LogP contribution is 2.23. The van der Waals surface area contributed by atoms with Gasteiger partial charge in [0.25, 0.3) is 5.69 Å². The molecule has 128 valence electrons. The van der Waals surface area contributed by atoms with Crippen LogP contribution in [0.4, 0.5) is 5.69 Å². The monoisotopic (exact) mass is 370 g/mol. The van der Waals surface area contributed by atoms with E-state index in [1.165, 1.54) is 24.3 Å². The van der Waals surface area contributed by atoms with Gasteiger partial charge in [-0.05, 0) is 35.4 Å². The molecule has 0 radical (unpaired) electrons. The molecule has 0 fully saturated rings. The van der Waals surface area contributed by atoms with Crippen molar-refractivity contribution in [3.05, 3.63) is 73.8 Å². The number of nitrogens with zero attached hydrogens (tertiary/aromatic N) is 1. The summed E-state index contributed by atoms with van der Waals surface area (Å²) in [5.41, 5.74) is 1.26. The van der Waals surface area contributed by atoms with Gasteiger partial charge in [-0.2, -0.15) is 0 Å². The number of nitro groups is 1. The molecule has 2 aromatic carbocycles. The van der Waals surface area contributed by atoms with Crippen LogP contribution in [0.25, 0.3) is 0 Å². The molecule has 0 aromatic heterocycles. The number of halogens is 2. The van der Waals surface area contributed by atoms with Gasteiger partial charge >= 0.3 is 0 Å². The van der Waals surface area contributed by atoms with Crippen molar-refractivity contribution in [1.82, 2.24) is 5.32 Å². The van der Waals surface area contributed by atoms with Gasteiger partial charge in [0, 0.05) is 18.7 Å². The van der Waals surface area contributed by atoms with Crippen LogP contribution in [0, 0.1) is 10.1 Å². The van der Waals surface area contributed by atoms with E-state index < -0.39 is 17.1 Å². The number of benzene rings is 2. The van der Waals surface area contributed by atoms with E-state index >= 15 is 0 Å². The van der Waals surface area contributed by atoms with Crippen LogP contribution in [0.1, 0.15) is 17.2 Å². The zero-order valence-corrected chi connectivity index (χ0v) is 14.0. The number of non-ortho nitro benzene ring substituents is 1. The summed E-state index contributed by atoms with van der Waals surface area (Å²) >= 11 is 11.8. The molecule has 0 bridgehead atoms. The molecular formula is C16H16Cl2N2O4. The first-order valence-electron chi connectivity index (χ1n) is 7.13. The molecule has 3 N–H and O–H groups in total. The maximum atomic E-state index is 10.7. The maximum absolute atomic E-state index is 10.7. The quantitative estimate of drug-likeness (QED) is 0.514. The number of aliphatic hydroxyl groups is 2. The Labute approximate surface area is 148 Å². The fourth-order valence-electron chi connectivity index (χ4n) is 2.20. The number of hydrogen-bond donors (Lipinski definition) is 3. The molecule has 0 saturated heterocycles. The molecule has 2 aromatic rings. The summed E-state index contributed by atoms with van der Waals surface area (Å²) in [7, 11) is 0. The van der Waals surface area contributed by atoms with Crippen molar-refractivity contribution in [1.29, 1.82) is 0 Å². The Morgan fingerprint density at radius 2 is 1.79 bits per heavy atom. The predicted octanol–water partition coefficient (Wildman–Crippen LogP) is 3.09. The summed E-state index contributed by atoms with van der Waals surface area (Å²) in [4.78, 5) is 10.1. The Kier molecular flexibility index (Phi) is 6.53. The van der Waals surface area contributed by atoms with Crippen molar-refractivity contribution < 1.29 is 15.1 Å². The fraction of sp³-hybridized carbons (Fsp3) is 0.250. The zero-order valence-electron chi connectivity index (χ0n) is 12.5. The smallest absolute Gasteiger partial charge is 0.269 e. The first-order valence-corrected chi connectivity index (χ1v) is 7.88. The molecule has 0 amide bonds. The Hall–Kier alpha value is -1.70. The number of nitro benzene ring substituents is 1. The maximum Gasteiger partial charge on any atom is 0.269 e. The molecular weight excluding hydrogens is 355 g/mol. The van der Waals surface area contributed by atoms with Crippen LogP contribution in [0.5, 0.6) is 0 Å². The third kappa shape index (κ3) is 4.66. The van der Waals surface area contributed by atoms with Gasteiger partial charge in [-0.25, -0.2) is 0 Å². The van der Waals surface area contributed by atoms with E-state index in [1.54, 1.807) is 18.2 Å². The average Bonchev–Trinajstić information content (AvgIpc) is 2.58. The lowest BCUT2D eigenvalue weighted by Crippen LogP contribution is -2.37. The minimum atomic E-state index is -1.02. The lowest BCUT2D eigenvalue weighted by Gasteiger charge is -2.22. The van der Waals surface area contributed by atoms with Gasteiger partial charge in [0.1, 0.15) is 0 Å². The number of rotatable bonds is 7. The molecule has 2 rings (SSSR count). The van der Waals surface area contributed by atoms with Crippen molar-refractivity contribution in [2.24, 2.45) is 0 Å². The largest absolute Gasteiger partial charge is 0.395 e.